The third kappa shape index (κ3) is 1.42. The maximum absolute atomic E-state index is 5.56. The minimum absolute atomic E-state index is 0.711. The van der Waals surface area contributed by atoms with Crippen molar-refractivity contribution in [1.82, 2.24) is 0 Å². The maximum Gasteiger partial charge on any atom is 0.122 e. The summed E-state index contributed by atoms with van der Waals surface area (Å²) in [5.41, 5.74) is 9.55. The number of nitrogens with two attached hydrogens (primary N) is 1. The molecule has 74 valence electrons. The molecular formula is C12H15NO. The fourth-order valence-electron chi connectivity index (χ4n) is 2.00. The zero-order valence-corrected chi connectivity index (χ0v) is 8.42. The lowest BCUT2D eigenvalue weighted by molar-refractivity contribution is 0.411. The first-order chi connectivity index (χ1) is 6.86. The van der Waals surface area contributed by atoms with Gasteiger partial charge in [-0.25, -0.2) is 0 Å². The standard InChI is InChI=1S/C12H15NO/c1-14-12-4-2-3-10-9(7-8-13)5-6-11(10)12/h2-5H,6-8,13H2,1H3. The van der Waals surface area contributed by atoms with Gasteiger partial charge in [-0.3, -0.25) is 0 Å². The average molecular weight is 189 g/mol. The van der Waals surface area contributed by atoms with Crippen LogP contribution < -0.4 is 10.5 Å². The van der Waals surface area contributed by atoms with Gasteiger partial charge in [0.2, 0.25) is 0 Å². The second-order valence-electron chi connectivity index (χ2n) is 3.46. The lowest BCUT2D eigenvalue weighted by atomic mass is 10.0. The molecule has 2 nitrogen and oxygen atoms in total. The van der Waals surface area contributed by atoms with Crippen LogP contribution in [0.1, 0.15) is 17.5 Å². The molecule has 0 saturated carbocycles. The smallest absolute Gasteiger partial charge is 0.122 e. The van der Waals surface area contributed by atoms with Crippen molar-refractivity contribution in [3.05, 3.63) is 35.4 Å². The molecule has 0 aliphatic heterocycles. The number of hydrogen-bond donors (Lipinski definition) is 1. The van der Waals surface area contributed by atoms with Crippen LogP contribution in [-0.2, 0) is 6.42 Å². The van der Waals surface area contributed by atoms with Gasteiger partial charge in [-0.1, -0.05) is 18.2 Å². The molecule has 2 N–H and O–H groups in total. The number of hydrogen-bond acceptors (Lipinski definition) is 2. The molecule has 0 heterocycles. The van der Waals surface area contributed by atoms with Crippen LogP contribution in [0, 0.1) is 0 Å². The molecule has 1 aliphatic rings. The largest absolute Gasteiger partial charge is 0.496 e. The van der Waals surface area contributed by atoms with Crippen LogP contribution in [0.4, 0.5) is 0 Å². The van der Waals surface area contributed by atoms with Gasteiger partial charge in [-0.05, 0) is 36.6 Å². The van der Waals surface area contributed by atoms with Gasteiger partial charge in [0.25, 0.3) is 0 Å². The van der Waals surface area contributed by atoms with Crippen molar-refractivity contribution < 1.29 is 4.74 Å². The number of methoxy groups -OCH3 is 1. The van der Waals surface area contributed by atoms with E-state index >= 15 is 0 Å². The first kappa shape index (κ1) is 9.28. The predicted molar refractivity (Wildman–Crippen MR) is 58.3 cm³/mol. The zero-order chi connectivity index (χ0) is 9.97. The molecular weight excluding hydrogens is 174 g/mol. The topological polar surface area (TPSA) is 35.2 Å². The molecule has 0 spiro atoms. The van der Waals surface area contributed by atoms with Crippen molar-refractivity contribution in [2.24, 2.45) is 5.73 Å². The highest BCUT2D eigenvalue weighted by Gasteiger charge is 2.16. The van der Waals surface area contributed by atoms with Crippen LogP contribution >= 0.6 is 0 Å². The Labute approximate surface area is 84.4 Å². The van der Waals surface area contributed by atoms with Crippen LogP contribution in [-0.4, -0.2) is 13.7 Å². The van der Waals surface area contributed by atoms with Crippen LogP contribution in [0.2, 0.25) is 0 Å². The second kappa shape index (κ2) is 3.84. The Hall–Kier alpha value is -1.28. The Kier molecular flexibility index (Phi) is 2.55. The molecule has 2 heteroatoms. The highest BCUT2D eigenvalue weighted by molar-refractivity contribution is 5.75. The number of allylic oxidation sites excluding steroid dienone is 1. The Morgan fingerprint density at radius 1 is 1.43 bits per heavy atom. The van der Waals surface area contributed by atoms with E-state index in [2.05, 4.69) is 12.1 Å². The summed E-state index contributed by atoms with van der Waals surface area (Å²) in [4.78, 5) is 0. The van der Waals surface area contributed by atoms with E-state index in [1.165, 1.54) is 16.7 Å². The quantitative estimate of drug-likeness (QED) is 0.789. The first-order valence-electron chi connectivity index (χ1n) is 4.92. The molecule has 0 aromatic heterocycles. The molecule has 14 heavy (non-hydrogen) atoms. The molecule has 0 unspecified atom stereocenters. The van der Waals surface area contributed by atoms with Gasteiger partial charge in [0, 0.05) is 5.56 Å². The van der Waals surface area contributed by atoms with E-state index < -0.39 is 0 Å². The molecule has 0 radical (unpaired) electrons. The molecule has 1 aromatic rings. The highest BCUT2D eigenvalue weighted by atomic mass is 16.5. The summed E-state index contributed by atoms with van der Waals surface area (Å²) in [6.45, 7) is 0.711. The summed E-state index contributed by atoms with van der Waals surface area (Å²) < 4.78 is 5.32. The maximum atomic E-state index is 5.56. The summed E-state index contributed by atoms with van der Waals surface area (Å²) in [5, 5.41) is 0. The first-order valence-corrected chi connectivity index (χ1v) is 4.92. The fourth-order valence-corrected chi connectivity index (χ4v) is 2.00. The summed E-state index contributed by atoms with van der Waals surface area (Å²) >= 11 is 0. The zero-order valence-electron chi connectivity index (χ0n) is 8.42. The van der Waals surface area contributed by atoms with E-state index in [-0.39, 0.29) is 0 Å². The van der Waals surface area contributed by atoms with Crippen LogP contribution in [0.25, 0.3) is 5.57 Å². The van der Waals surface area contributed by atoms with Crippen LogP contribution in [0.5, 0.6) is 5.75 Å². The molecule has 0 bridgehead atoms. The van der Waals surface area contributed by atoms with E-state index in [1.54, 1.807) is 7.11 Å². The summed E-state index contributed by atoms with van der Waals surface area (Å²) in [6.07, 6.45) is 4.19. The second-order valence-corrected chi connectivity index (χ2v) is 3.46. The minimum Gasteiger partial charge on any atom is -0.496 e. The van der Waals surface area contributed by atoms with Gasteiger partial charge in [-0.2, -0.15) is 0 Å². The van der Waals surface area contributed by atoms with E-state index in [4.69, 9.17) is 10.5 Å². The Balaban J connectivity index is 2.37. The van der Waals surface area contributed by atoms with E-state index in [0.717, 1.165) is 18.6 Å². The monoisotopic (exact) mass is 189 g/mol. The van der Waals surface area contributed by atoms with Gasteiger partial charge in [0.1, 0.15) is 5.75 Å². The Morgan fingerprint density at radius 3 is 3.00 bits per heavy atom. The molecule has 1 aliphatic carbocycles. The molecule has 0 fully saturated rings. The molecule has 0 amide bonds. The fraction of sp³-hybridized carbons (Fsp3) is 0.333. The van der Waals surface area contributed by atoms with Gasteiger partial charge in [0.05, 0.1) is 7.11 Å². The lowest BCUT2D eigenvalue weighted by Gasteiger charge is -2.08. The number of rotatable bonds is 3. The predicted octanol–water partition coefficient (Wildman–Crippen LogP) is 1.98. The van der Waals surface area contributed by atoms with Crippen molar-refractivity contribution >= 4 is 5.57 Å². The summed E-state index contributed by atoms with van der Waals surface area (Å²) in [7, 11) is 1.72. The third-order valence-electron chi connectivity index (χ3n) is 2.67. The van der Waals surface area contributed by atoms with Crippen molar-refractivity contribution in [2.75, 3.05) is 13.7 Å². The molecule has 0 atom stereocenters. The van der Waals surface area contributed by atoms with Crippen molar-refractivity contribution in [3.63, 3.8) is 0 Å². The number of ether oxygens (including phenoxy) is 1. The Morgan fingerprint density at radius 2 is 2.29 bits per heavy atom. The van der Waals surface area contributed by atoms with E-state index in [1.807, 2.05) is 12.1 Å². The SMILES string of the molecule is COc1cccc2c1CC=C2CCN. The summed E-state index contributed by atoms with van der Waals surface area (Å²) in [5.74, 6) is 0.991. The minimum atomic E-state index is 0.711. The average Bonchev–Trinajstić information content (AvgIpc) is 2.62. The molecule has 0 saturated heterocycles. The number of benzene rings is 1. The number of fused-ring (bicyclic) bond motifs is 1. The van der Waals surface area contributed by atoms with E-state index in [0.29, 0.717) is 6.54 Å². The van der Waals surface area contributed by atoms with Gasteiger partial charge in [0.15, 0.2) is 0 Å². The van der Waals surface area contributed by atoms with Crippen LogP contribution in [0.15, 0.2) is 24.3 Å². The van der Waals surface area contributed by atoms with Crippen molar-refractivity contribution in [2.45, 2.75) is 12.8 Å². The van der Waals surface area contributed by atoms with Crippen molar-refractivity contribution in [1.29, 1.82) is 0 Å². The normalized spacial score (nSPS) is 13.7. The van der Waals surface area contributed by atoms with Crippen LogP contribution in [0.3, 0.4) is 0 Å². The van der Waals surface area contributed by atoms with E-state index in [9.17, 15) is 0 Å². The van der Waals surface area contributed by atoms with Gasteiger partial charge >= 0.3 is 0 Å². The molecule has 2 rings (SSSR count). The Bertz CT molecular complexity index is 369. The van der Waals surface area contributed by atoms with Gasteiger partial charge < -0.3 is 10.5 Å². The lowest BCUT2D eigenvalue weighted by Crippen LogP contribution is -1.99. The van der Waals surface area contributed by atoms with Gasteiger partial charge in [-0.15, -0.1) is 0 Å². The third-order valence-corrected chi connectivity index (χ3v) is 2.67. The van der Waals surface area contributed by atoms with Crippen molar-refractivity contribution in [3.8, 4) is 5.75 Å². The molecule has 1 aromatic carbocycles. The highest BCUT2D eigenvalue weighted by Crippen LogP contribution is 2.34. The summed E-state index contributed by atoms with van der Waals surface area (Å²) in [6, 6.07) is 6.19.